The highest BCUT2D eigenvalue weighted by Crippen LogP contribution is 2.51. The lowest BCUT2D eigenvalue weighted by Crippen LogP contribution is -2.31. The van der Waals surface area contributed by atoms with Crippen molar-refractivity contribution in [1.82, 2.24) is 0 Å². The highest BCUT2D eigenvalue weighted by atomic mass is 16.5. The van der Waals surface area contributed by atoms with E-state index < -0.39 is 5.91 Å². The van der Waals surface area contributed by atoms with Crippen LogP contribution in [0.4, 0.5) is 5.69 Å². The van der Waals surface area contributed by atoms with Gasteiger partial charge in [0.05, 0.1) is 17.3 Å². The van der Waals surface area contributed by atoms with Crippen molar-refractivity contribution in [3.05, 3.63) is 107 Å². The minimum Gasteiger partial charge on any atom is -0.489 e. The Morgan fingerprint density at radius 2 is 1.73 bits per heavy atom. The Kier molecular flexibility index (Phi) is 4.75. The molecule has 1 aliphatic heterocycles. The predicted molar refractivity (Wildman–Crippen MR) is 119 cm³/mol. The zero-order valence-corrected chi connectivity index (χ0v) is 16.6. The van der Waals surface area contributed by atoms with Gasteiger partial charge in [-0.3, -0.25) is 4.79 Å². The lowest BCUT2D eigenvalue weighted by atomic mass is 9.76. The molecule has 4 heteroatoms. The Hall–Kier alpha value is -3.53. The third-order valence-electron chi connectivity index (χ3n) is 6.15. The van der Waals surface area contributed by atoms with Gasteiger partial charge < -0.3 is 15.8 Å². The molecule has 5 rings (SSSR count). The molecule has 0 fully saturated rings. The molecule has 3 N–H and O–H groups in total. The van der Waals surface area contributed by atoms with Gasteiger partial charge in [0.15, 0.2) is 0 Å². The summed E-state index contributed by atoms with van der Waals surface area (Å²) in [5.74, 6) is 1.08. The largest absolute Gasteiger partial charge is 0.489 e. The summed E-state index contributed by atoms with van der Waals surface area (Å²) < 4.78 is 6.24. The van der Waals surface area contributed by atoms with Crippen molar-refractivity contribution in [3.63, 3.8) is 0 Å². The molecule has 0 saturated heterocycles. The van der Waals surface area contributed by atoms with Gasteiger partial charge in [0.25, 0.3) is 5.91 Å². The number of primary amides is 1. The molecule has 3 unspecified atom stereocenters. The Balaban J connectivity index is 1.51. The summed E-state index contributed by atoms with van der Waals surface area (Å²) in [4.78, 5) is 12.1. The van der Waals surface area contributed by atoms with Crippen molar-refractivity contribution in [2.75, 3.05) is 5.32 Å². The zero-order chi connectivity index (χ0) is 20.5. The Morgan fingerprint density at radius 1 is 0.967 bits per heavy atom. The SMILES string of the molecule is NC(=O)c1cccc2c1NC(c1ccccc1OCc1ccccc1)C1CC=CC21. The maximum atomic E-state index is 12.1. The van der Waals surface area contributed by atoms with E-state index in [2.05, 4.69) is 41.7 Å². The smallest absolute Gasteiger partial charge is 0.250 e. The van der Waals surface area contributed by atoms with Crippen LogP contribution in [0.3, 0.4) is 0 Å². The summed E-state index contributed by atoms with van der Waals surface area (Å²) in [6, 6.07) is 24.2. The van der Waals surface area contributed by atoms with Crippen LogP contribution in [0.1, 0.15) is 45.4 Å². The highest BCUT2D eigenvalue weighted by molar-refractivity contribution is 5.99. The molecular formula is C26H24N2O2. The number of hydrogen-bond donors (Lipinski definition) is 2. The van der Waals surface area contributed by atoms with Crippen molar-refractivity contribution in [2.45, 2.75) is 25.0 Å². The third kappa shape index (κ3) is 3.24. The first-order valence-corrected chi connectivity index (χ1v) is 10.3. The van der Waals surface area contributed by atoms with E-state index in [0.717, 1.165) is 34.5 Å². The van der Waals surface area contributed by atoms with Gasteiger partial charge in [0, 0.05) is 11.5 Å². The lowest BCUT2D eigenvalue weighted by molar-refractivity contribution is 0.100. The molecule has 150 valence electrons. The molecular weight excluding hydrogens is 372 g/mol. The van der Waals surface area contributed by atoms with E-state index in [-0.39, 0.29) is 12.0 Å². The summed E-state index contributed by atoms with van der Waals surface area (Å²) in [7, 11) is 0. The molecule has 2 aliphatic rings. The number of allylic oxidation sites excluding steroid dienone is 2. The van der Waals surface area contributed by atoms with E-state index in [9.17, 15) is 4.79 Å². The van der Waals surface area contributed by atoms with Crippen LogP contribution in [-0.4, -0.2) is 5.91 Å². The van der Waals surface area contributed by atoms with Crippen LogP contribution in [0.25, 0.3) is 0 Å². The minimum atomic E-state index is -0.410. The number of carbonyl (C=O) groups excluding carboxylic acids is 1. The van der Waals surface area contributed by atoms with E-state index in [4.69, 9.17) is 10.5 Å². The number of benzene rings is 3. The van der Waals surface area contributed by atoms with Crippen molar-refractivity contribution in [2.24, 2.45) is 11.7 Å². The molecule has 3 aromatic rings. The van der Waals surface area contributed by atoms with Crippen LogP contribution in [0, 0.1) is 5.92 Å². The maximum Gasteiger partial charge on any atom is 0.250 e. The predicted octanol–water partition coefficient (Wildman–Crippen LogP) is 5.19. The number of rotatable bonds is 5. The fourth-order valence-electron chi connectivity index (χ4n) is 4.74. The summed E-state index contributed by atoms with van der Waals surface area (Å²) in [6.45, 7) is 0.514. The molecule has 0 spiro atoms. The van der Waals surface area contributed by atoms with Crippen molar-refractivity contribution in [1.29, 1.82) is 0 Å². The molecule has 1 heterocycles. The third-order valence-corrected chi connectivity index (χ3v) is 6.15. The van der Waals surface area contributed by atoms with E-state index in [1.165, 1.54) is 0 Å². The van der Waals surface area contributed by atoms with Crippen LogP contribution in [0.5, 0.6) is 5.75 Å². The van der Waals surface area contributed by atoms with Crippen LogP contribution in [0.15, 0.2) is 84.9 Å². The van der Waals surface area contributed by atoms with Gasteiger partial charge in [-0.2, -0.15) is 0 Å². The first kappa shape index (κ1) is 18.5. The first-order valence-electron chi connectivity index (χ1n) is 10.3. The molecule has 1 aliphatic carbocycles. The second kappa shape index (κ2) is 7.71. The number of nitrogens with one attached hydrogen (secondary N) is 1. The highest BCUT2D eigenvalue weighted by Gasteiger charge is 2.40. The summed E-state index contributed by atoms with van der Waals surface area (Å²) in [6.07, 6.45) is 5.48. The van der Waals surface area contributed by atoms with Gasteiger partial charge in [-0.25, -0.2) is 0 Å². The molecule has 4 nitrogen and oxygen atoms in total. The second-order valence-corrected chi connectivity index (χ2v) is 7.92. The molecule has 0 radical (unpaired) electrons. The van der Waals surface area contributed by atoms with Gasteiger partial charge in [-0.1, -0.05) is 72.8 Å². The molecule has 0 bridgehead atoms. The van der Waals surface area contributed by atoms with Gasteiger partial charge in [0.2, 0.25) is 0 Å². The number of fused-ring (bicyclic) bond motifs is 3. The fraction of sp³-hybridized carbons (Fsp3) is 0.192. The van der Waals surface area contributed by atoms with Crippen molar-refractivity contribution >= 4 is 11.6 Å². The molecule has 3 atom stereocenters. The molecule has 1 amide bonds. The second-order valence-electron chi connectivity index (χ2n) is 7.92. The zero-order valence-electron chi connectivity index (χ0n) is 16.6. The van der Waals surface area contributed by atoms with Crippen LogP contribution < -0.4 is 15.8 Å². The van der Waals surface area contributed by atoms with Crippen LogP contribution in [-0.2, 0) is 6.61 Å². The van der Waals surface area contributed by atoms with E-state index >= 15 is 0 Å². The van der Waals surface area contributed by atoms with Gasteiger partial charge in [-0.15, -0.1) is 0 Å². The van der Waals surface area contributed by atoms with E-state index in [1.807, 2.05) is 42.5 Å². The fourth-order valence-corrected chi connectivity index (χ4v) is 4.74. The molecule has 3 aromatic carbocycles. The quantitative estimate of drug-likeness (QED) is 0.583. The van der Waals surface area contributed by atoms with Crippen molar-refractivity contribution < 1.29 is 9.53 Å². The van der Waals surface area contributed by atoms with Gasteiger partial charge >= 0.3 is 0 Å². The average molecular weight is 396 g/mol. The standard InChI is InChI=1S/C26H24N2O2/c27-26(29)22-14-7-13-20-18-11-6-12-19(18)24(28-25(20)22)21-10-4-5-15-23(21)30-16-17-8-2-1-3-9-17/h1-11,13-15,18-19,24,28H,12,16H2,(H2,27,29). The van der Waals surface area contributed by atoms with Crippen LogP contribution in [0.2, 0.25) is 0 Å². The number of amides is 1. The topological polar surface area (TPSA) is 64.4 Å². The van der Waals surface area contributed by atoms with Crippen LogP contribution >= 0.6 is 0 Å². The van der Waals surface area contributed by atoms with Gasteiger partial charge in [-0.05, 0) is 35.6 Å². The molecule has 30 heavy (non-hydrogen) atoms. The number of nitrogens with two attached hydrogens (primary N) is 1. The minimum absolute atomic E-state index is 0.0324. The van der Waals surface area contributed by atoms with E-state index in [1.54, 1.807) is 6.07 Å². The summed E-state index contributed by atoms with van der Waals surface area (Å²) in [5, 5.41) is 3.65. The Labute approximate surface area is 176 Å². The number of anilines is 1. The number of hydrogen-bond acceptors (Lipinski definition) is 3. The summed E-state index contributed by atoms with van der Waals surface area (Å²) in [5.41, 5.74) is 10.4. The number of ether oxygens (including phenoxy) is 1. The molecule has 0 aromatic heterocycles. The Morgan fingerprint density at radius 3 is 2.57 bits per heavy atom. The monoisotopic (exact) mass is 396 g/mol. The summed E-state index contributed by atoms with van der Waals surface area (Å²) >= 11 is 0. The average Bonchev–Trinajstić information content (AvgIpc) is 3.28. The number of para-hydroxylation sites is 2. The van der Waals surface area contributed by atoms with Crippen molar-refractivity contribution in [3.8, 4) is 5.75 Å². The van der Waals surface area contributed by atoms with E-state index in [0.29, 0.717) is 18.1 Å². The molecule has 0 saturated carbocycles. The normalized spacial score (nSPS) is 21.4. The number of carbonyl (C=O) groups is 1. The van der Waals surface area contributed by atoms with Gasteiger partial charge in [0.1, 0.15) is 12.4 Å². The maximum absolute atomic E-state index is 12.1. The first-order chi connectivity index (χ1) is 14.7. The Bertz CT molecular complexity index is 1110. The lowest BCUT2D eigenvalue weighted by Gasteiger charge is -2.38.